The Balaban J connectivity index is 0.00000161. The van der Waals surface area contributed by atoms with Gasteiger partial charge in [-0.3, -0.25) is 0 Å². The third kappa shape index (κ3) is 3.08. The van der Waals surface area contributed by atoms with Gasteiger partial charge in [-0.25, -0.2) is 12.8 Å². The summed E-state index contributed by atoms with van der Waals surface area (Å²) in [4.78, 5) is -0.203. The lowest BCUT2D eigenvalue weighted by Gasteiger charge is -2.33. The van der Waals surface area contributed by atoms with Gasteiger partial charge >= 0.3 is 0 Å². The first kappa shape index (κ1) is 16.7. The first-order valence-electron chi connectivity index (χ1n) is 6.99. The van der Waals surface area contributed by atoms with Crippen molar-refractivity contribution in [2.24, 2.45) is 5.41 Å². The molecule has 1 aromatic carbocycles. The van der Waals surface area contributed by atoms with E-state index in [1.165, 1.54) is 22.5 Å². The van der Waals surface area contributed by atoms with Crippen LogP contribution in [0.4, 0.5) is 4.39 Å². The molecule has 0 radical (unpaired) electrons. The molecule has 1 aromatic rings. The molecule has 2 aliphatic rings. The lowest BCUT2D eigenvalue weighted by Crippen LogP contribution is -2.39. The van der Waals surface area contributed by atoms with Gasteiger partial charge in [0.05, 0.1) is 0 Å². The highest BCUT2D eigenvalue weighted by molar-refractivity contribution is 7.89. The zero-order valence-electron chi connectivity index (χ0n) is 11.7. The number of hydrogen-bond donors (Lipinski definition) is 1. The molecule has 7 heteroatoms. The maximum atomic E-state index is 13.8. The molecule has 0 saturated carbocycles. The Hall–Kier alpha value is -0.690. The maximum Gasteiger partial charge on any atom is 0.246 e. The van der Waals surface area contributed by atoms with Crippen molar-refractivity contribution in [3.05, 3.63) is 30.1 Å². The van der Waals surface area contributed by atoms with Gasteiger partial charge in [0.2, 0.25) is 10.0 Å². The lowest BCUT2D eigenvalue weighted by molar-refractivity contribution is 0.218. The number of benzene rings is 1. The van der Waals surface area contributed by atoms with E-state index in [4.69, 9.17) is 0 Å². The summed E-state index contributed by atoms with van der Waals surface area (Å²) in [5.41, 5.74) is 0.0869. The molecule has 1 spiro atoms. The summed E-state index contributed by atoms with van der Waals surface area (Å²) in [6.07, 6.45) is 2.87. The van der Waals surface area contributed by atoms with Crippen molar-refractivity contribution in [2.75, 3.05) is 26.2 Å². The molecule has 4 nitrogen and oxygen atoms in total. The number of nitrogens with zero attached hydrogens (tertiary/aromatic N) is 1. The van der Waals surface area contributed by atoms with Crippen LogP contribution in [0.1, 0.15) is 19.3 Å². The third-order valence-corrected chi connectivity index (χ3v) is 6.40. The summed E-state index contributed by atoms with van der Waals surface area (Å²) < 4.78 is 40.3. The second kappa shape index (κ2) is 6.20. The van der Waals surface area contributed by atoms with Crippen molar-refractivity contribution in [3.63, 3.8) is 0 Å². The highest BCUT2D eigenvalue weighted by Crippen LogP contribution is 2.40. The van der Waals surface area contributed by atoms with E-state index >= 15 is 0 Å². The standard InChI is InChI=1S/C14H19FN2O2S.ClH/c15-12-3-1-2-4-13(12)20(18,19)17-10-7-14(11-17)5-8-16-9-6-14;/h1-4,16H,5-11H2;1H. The van der Waals surface area contributed by atoms with Crippen molar-refractivity contribution in [2.45, 2.75) is 24.2 Å². The smallest absolute Gasteiger partial charge is 0.246 e. The fraction of sp³-hybridized carbons (Fsp3) is 0.571. The van der Waals surface area contributed by atoms with Gasteiger partial charge in [-0.15, -0.1) is 12.4 Å². The fourth-order valence-electron chi connectivity index (χ4n) is 3.26. The Morgan fingerprint density at radius 3 is 2.48 bits per heavy atom. The Bertz CT molecular complexity index is 603. The number of piperidine rings is 1. The Morgan fingerprint density at radius 1 is 1.14 bits per heavy atom. The van der Waals surface area contributed by atoms with Crippen LogP contribution in [0.15, 0.2) is 29.2 Å². The summed E-state index contributed by atoms with van der Waals surface area (Å²) in [7, 11) is -3.71. The van der Waals surface area contributed by atoms with Crippen LogP contribution in [0.3, 0.4) is 0 Å². The summed E-state index contributed by atoms with van der Waals surface area (Å²) in [6, 6.07) is 5.61. The zero-order chi connectivity index (χ0) is 14.2. The largest absolute Gasteiger partial charge is 0.317 e. The first-order valence-corrected chi connectivity index (χ1v) is 8.43. The molecule has 21 heavy (non-hydrogen) atoms. The molecule has 3 rings (SSSR count). The van der Waals surface area contributed by atoms with E-state index in [1.807, 2.05) is 0 Å². The maximum absolute atomic E-state index is 13.8. The molecule has 2 heterocycles. The summed E-state index contributed by atoms with van der Waals surface area (Å²) >= 11 is 0. The van der Waals surface area contributed by atoms with E-state index < -0.39 is 15.8 Å². The van der Waals surface area contributed by atoms with Gasteiger partial charge in [-0.2, -0.15) is 4.31 Å². The minimum Gasteiger partial charge on any atom is -0.317 e. The van der Waals surface area contributed by atoms with E-state index in [0.717, 1.165) is 32.4 Å². The molecule has 2 saturated heterocycles. The van der Waals surface area contributed by atoms with Crippen LogP contribution in [0.5, 0.6) is 0 Å². The van der Waals surface area contributed by atoms with Crippen LogP contribution >= 0.6 is 12.4 Å². The van der Waals surface area contributed by atoms with Gasteiger partial charge < -0.3 is 5.32 Å². The molecule has 2 fully saturated rings. The molecular weight excluding hydrogens is 315 g/mol. The van der Waals surface area contributed by atoms with Crippen LogP contribution in [-0.4, -0.2) is 38.9 Å². The predicted octanol–water partition coefficient (Wildman–Crippen LogP) is 2.01. The quantitative estimate of drug-likeness (QED) is 0.900. The van der Waals surface area contributed by atoms with E-state index in [1.54, 1.807) is 6.07 Å². The van der Waals surface area contributed by atoms with Gasteiger partial charge in [0, 0.05) is 13.1 Å². The van der Waals surface area contributed by atoms with E-state index in [0.29, 0.717) is 13.1 Å². The van der Waals surface area contributed by atoms with Gasteiger partial charge in [-0.1, -0.05) is 12.1 Å². The monoisotopic (exact) mass is 334 g/mol. The Labute approximate surface area is 131 Å². The summed E-state index contributed by atoms with van der Waals surface area (Å²) in [5, 5.41) is 3.30. The summed E-state index contributed by atoms with van der Waals surface area (Å²) in [6.45, 7) is 2.89. The zero-order valence-corrected chi connectivity index (χ0v) is 13.4. The number of nitrogens with one attached hydrogen (secondary N) is 1. The second-order valence-electron chi connectivity index (χ2n) is 5.77. The fourth-order valence-corrected chi connectivity index (χ4v) is 4.88. The highest BCUT2D eigenvalue weighted by atomic mass is 35.5. The normalized spacial score (nSPS) is 22.1. The molecular formula is C14H20ClFN2O2S. The van der Waals surface area contributed by atoms with Gasteiger partial charge in [0.25, 0.3) is 0 Å². The summed E-state index contributed by atoms with van der Waals surface area (Å²) in [5.74, 6) is -0.668. The van der Waals surface area contributed by atoms with Gasteiger partial charge in [0.15, 0.2) is 0 Å². The van der Waals surface area contributed by atoms with Crippen LogP contribution in [0.2, 0.25) is 0 Å². The molecule has 0 amide bonds. The van der Waals surface area contributed by atoms with E-state index in [-0.39, 0.29) is 22.7 Å². The number of rotatable bonds is 2. The molecule has 0 atom stereocenters. The third-order valence-electron chi connectivity index (χ3n) is 4.52. The van der Waals surface area contributed by atoms with Crippen molar-refractivity contribution >= 4 is 22.4 Å². The van der Waals surface area contributed by atoms with Crippen LogP contribution in [-0.2, 0) is 10.0 Å². The van der Waals surface area contributed by atoms with Crippen molar-refractivity contribution in [3.8, 4) is 0 Å². The van der Waals surface area contributed by atoms with Crippen LogP contribution in [0, 0.1) is 11.2 Å². The average molecular weight is 335 g/mol. The molecule has 2 aliphatic heterocycles. The first-order chi connectivity index (χ1) is 9.54. The Kier molecular flexibility index (Phi) is 4.92. The van der Waals surface area contributed by atoms with Crippen molar-refractivity contribution in [1.82, 2.24) is 9.62 Å². The van der Waals surface area contributed by atoms with Crippen molar-refractivity contribution < 1.29 is 12.8 Å². The lowest BCUT2D eigenvalue weighted by atomic mass is 9.78. The van der Waals surface area contributed by atoms with Crippen LogP contribution in [0.25, 0.3) is 0 Å². The number of sulfonamides is 1. The highest BCUT2D eigenvalue weighted by Gasteiger charge is 2.43. The van der Waals surface area contributed by atoms with Gasteiger partial charge in [-0.05, 0) is 49.9 Å². The molecule has 0 bridgehead atoms. The minimum atomic E-state index is -3.71. The Morgan fingerprint density at radius 2 is 1.81 bits per heavy atom. The molecule has 0 aliphatic carbocycles. The van der Waals surface area contributed by atoms with Crippen molar-refractivity contribution in [1.29, 1.82) is 0 Å². The minimum absolute atomic E-state index is 0. The SMILES string of the molecule is Cl.O=S(=O)(c1ccccc1F)N1CCC2(CCNCC2)C1. The molecule has 0 aromatic heterocycles. The second-order valence-corrected chi connectivity index (χ2v) is 7.68. The molecule has 0 unspecified atom stereocenters. The van der Waals surface area contributed by atoms with Crippen LogP contribution < -0.4 is 5.32 Å². The van der Waals surface area contributed by atoms with Gasteiger partial charge in [0.1, 0.15) is 10.7 Å². The van der Waals surface area contributed by atoms with E-state index in [2.05, 4.69) is 5.32 Å². The molecule has 1 N–H and O–H groups in total. The molecule has 118 valence electrons. The van der Waals surface area contributed by atoms with E-state index in [9.17, 15) is 12.8 Å². The predicted molar refractivity (Wildman–Crippen MR) is 81.6 cm³/mol. The topological polar surface area (TPSA) is 49.4 Å². The number of halogens is 2. The number of hydrogen-bond acceptors (Lipinski definition) is 3. The average Bonchev–Trinajstić information content (AvgIpc) is 2.84.